The third kappa shape index (κ3) is 1.56. The van der Waals surface area contributed by atoms with Crippen molar-refractivity contribution in [1.29, 1.82) is 0 Å². The summed E-state index contributed by atoms with van der Waals surface area (Å²) < 4.78 is 0. The highest BCUT2D eigenvalue weighted by Crippen LogP contribution is 2.33. The number of carboxylic acids is 1. The smallest absolute Gasteiger partial charge is 0.320 e. The molecule has 4 nitrogen and oxygen atoms in total. The molecule has 0 spiro atoms. The molecular formula is C9H16N2O2. The molecule has 0 radical (unpaired) electrons. The second kappa shape index (κ2) is 3.27. The van der Waals surface area contributed by atoms with Gasteiger partial charge in [-0.2, -0.15) is 0 Å². The van der Waals surface area contributed by atoms with Crippen LogP contribution in [0.25, 0.3) is 0 Å². The highest BCUT2D eigenvalue weighted by molar-refractivity contribution is 5.73. The molecule has 1 unspecified atom stereocenters. The molecule has 74 valence electrons. The van der Waals surface area contributed by atoms with Crippen LogP contribution in [0.1, 0.15) is 12.8 Å². The molecule has 3 N–H and O–H groups in total. The van der Waals surface area contributed by atoms with Crippen LogP contribution in [-0.2, 0) is 4.79 Å². The van der Waals surface area contributed by atoms with E-state index in [2.05, 4.69) is 4.90 Å². The minimum Gasteiger partial charge on any atom is -0.480 e. The largest absolute Gasteiger partial charge is 0.480 e. The van der Waals surface area contributed by atoms with Crippen LogP contribution in [0, 0.1) is 11.8 Å². The standard InChI is InChI=1S/C9H16N2O2/c10-8(9(12)13)7-5-11-3-1-6(7)2-4-11/h6-8H,1-5,10H2,(H,12,13)/t7-,8?/m0/s1. The van der Waals surface area contributed by atoms with Gasteiger partial charge in [-0.3, -0.25) is 4.79 Å². The van der Waals surface area contributed by atoms with Crippen LogP contribution in [0.3, 0.4) is 0 Å². The van der Waals surface area contributed by atoms with Crippen molar-refractivity contribution in [3.63, 3.8) is 0 Å². The van der Waals surface area contributed by atoms with Gasteiger partial charge in [-0.15, -0.1) is 0 Å². The van der Waals surface area contributed by atoms with Crippen LogP contribution in [-0.4, -0.2) is 41.7 Å². The predicted octanol–water partition coefficient (Wildman–Crippen LogP) is -0.260. The number of fused-ring (bicyclic) bond motifs is 3. The van der Waals surface area contributed by atoms with Gasteiger partial charge in [0.2, 0.25) is 0 Å². The monoisotopic (exact) mass is 184 g/mol. The number of nitrogens with two attached hydrogens (primary N) is 1. The van der Waals surface area contributed by atoms with Crippen LogP contribution in [0.15, 0.2) is 0 Å². The Morgan fingerprint density at radius 3 is 2.46 bits per heavy atom. The molecule has 2 atom stereocenters. The van der Waals surface area contributed by atoms with Gasteiger partial charge in [0, 0.05) is 12.5 Å². The summed E-state index contributed by atoms with van der Waals surface area (Å²) in [5, 5.41) is 8.82. The van der Waals surface area contributed by atoms with Crippen LogP contribution < -0.4 is 5.73 Å². The molecule has 0 aromatic heterocycles. The van der Waals surface area contributed by atoms with Gasteiger partial charge in [-0.1, -0.05) is 0 Å². The third-order valence-electron chi connectivity index (χ3n) is 3.45. The average molecular weight is 184 g/mol. The first-order valence-corrected chi connectivity index (χ1v) is 4.89. The summed E-state index contributed by atoms with van der Waals surface area (Å²) in [6.45, 7) is 3.15. The fraction of sp³-hybridized carbons (Fsp3) is 0.889. The second-order valence-corrected chi connectivity index (χ2v) is 4.17. The van der Waals surface area contributed by atoms with Gasteiger partial charge in [0.1, 0.15) is 6.04 Å². The van der Waals surface area contributed by atoms with Crippen molar-refractivity contribution >= 4 is 5.97 Å². The minimum atomic E-state index is -0.848. The van der Waals surface area contributed by atoms with E-state index in [9.17, 15) is 4.79 Å². The van der Waals surface area contributed by atoms with E-state index in [-0.39, 0.29) is 5.92 Å². The zero-order valence-corrected chi connectivity index (χ0v) is 7.65. The van der Waals surface area contributed by atoms with Crippen LogP contribution >= 0.6 is 0 Å². The Bertz CT molecular complexity index is 212. The summed E-state index contributed by atoms with van der Waals surface area (Å²) in [6, 6.07) is -0.659. The third-order valence-corrected chi connectivity index (χ3v) is 3.45. The Balaban J connectivity index is 2.04. The Morgan fingerprint density at radius 1 is 1.46 bits per heavy atom. The molecule has 3 rings (SSSR count). The first-order chi connectivity index (χ1) is 6.18. The minimum absolute atomic E-state index is 0.181. The van der Waals surface area contributed by atoms with Crippen LogP contribution in [0.4, 0.5) is 0 Å². The zero-order chi connectivity index (χ0) is 9.42. The molecule has 0 aromatic carbocycles. The quantitative estimate of drug-likeness (QED) is 0.620. The lowest BCUT2D eigenvalue weighted by Gasteiger charge is -2.46. The summed E-state index contributed by atoms with van der Waals surface area (Å²) >= 11 is 0. The van der Waals surface area contributed by atoms with Crippen molar-refractivity contribution in [2.24, 2.45) is 17.6 Å². The molecule has 2 bridgehead atoms. The van der Waals surface area contributed by atoms with E-state index in [1.165, 1.54) is 0 Å². The van der Waals surface area contributed by atoms with Crippen molar-refractivity contribution in [1.82, 2.24) is 4.90 Å². The van der Waals surface area contributed by atoms with Crippen molar-refractivity contribution in [3.8, 4) is 0 Å². The van der Waals surface area contributed by atoms with Gasteiger partial charge in [0.25, 0.3) is 0 Å². The van der Waals surface area contributed by atoms with Crippen LogP contribution in [0.2, 0.25) is 0 Å². The topological polar surface area (TPSA) is 66.6 Å². The molecule has 3 saturated heterocycles. The van der Waals surface area contributed by atoms with Crippen molar-refractivity contribution in [3.05, 3.63) is 0 Å². The Morgan fingerprint density at radius 2 is 2.08 bits per heavy atom. The Labute approximate surface area is 77.7 Å². The van der Waals surface area contributed by atoms with Gasteiger partial charge < -0.3 is 15.7 Å². The highest BCUT2D eigenvalue weighted by Gasteiger charge is 2.39. The number of hydrogen-bond acceptors (Lipinski definition) is 3. The van der Waals surface area contributed by atoms with Gasteiger partial charge in [-0.25, -0.2) is 0 Å². The van der Waals surface area contributed by atoms with E-state index in [4.69, 9.17) is 10.8 Å². The molecule has 3 aliphatic rings. The number of rotatable bonds is 2. The molecule has 0 amide bonds. The first kappa shape index (κ1) is 8.97. The number of carboxylic acid groups (broad SMARTS) is 1. The summed E-state index contributed by atoms with van der Waals surface area (Å²) in [4.78, 5) is 13.1. The number of aliphatic carboxylic acids is 1. The van der Waals surface area contributed by atoms with E-state index in [0.717, 1.165) is 32.5 Å². The summed E-state index contributed by atoms with van der Waals surface area (Å²) in [6.07, 6.45) is 2.26. The van der Waals surface area contributed by atoms with Crippen molar-refractivity contribution in [2.45, 2.75) is 18.9 Å². The fourth-order valence-electron chi connectivity index (χ4n) is 2.60. The Kier molecular flexibility index (Phi) is 2.26. The fourth-order valence-corrected chi connectivity index (χ4v) is 2.60. The lowest BCUT2D eigenvalue weighted by Crippen LogP contribution is -2.55. The van der Waals surface area contributed by atoms with Gasteiger partial charge in [-0.05, 0) is 31.8 Å². The van der Waals surface area contributed by atoms with Crippen molar-refractivity contribution in [2.75, 3.05) is 19.6 Å². The predicted molar refractivity (Wildman–Crippen MR) is 48.3 cm³/mol. The molecule has 3 fully saturated rings. The lowest BCUT2D eigenvalue weighted by molar-refractivity contribution is -0.142. The van der Waals surface area contributed by atoms with Gasteiger partial charge in [0.05, 0.1) is 0 Å². The maximum Gasteiger partial charge on any atom is 0.320 e. The molecule has 13 heavy (non-hydrogen) atoms. The van der Waals surface area contributed by atoms with E-state index in [1.54, 1.807) is 0 Å². The number of nitrogens with zero attached hydrogens (tertiary/aromatic N) is 1. The lowest BCUT2D eigenvalue weighted by atomic mass is 9.75. The highest BCUT2D eigenvalue weighted by atomic mass is 16.4. The van der Waals surface area contributed by atoms with Gasteiger partial charge >= 0.3 is 5.97 Å². The molecule has 3 aliphatic heterocycles. The Hall–Kier alpha value is -0.610. The van der Waals surface area contributed by atoms with Gasteiger partial charge in [0.15, 0.2) is 0 Å². The first-order valence-electron chi connectivity index (χ1n) is 4.89. The van der Waals surface area contributed by atoms with E-state index >= 15 is 0 Å². The normalized spacial score (nSPS) is 40.2. The molecule has 0 aliphatic carbocycles. The molecule has 0 saturated carbocycles. The number of piperidine rings is 3. The SMILES string of the molecule is NC(C(=O)O)[C@H]1CN2CCC1CC2. The number of hydrogen-bond donors (Lipinski definition) is 2. The molecular weight excluding hydrogens is 168 g/mol. The number of carbonyl (C=O) groups is 1. The molecule has 4 heteroatoms. The maximum atomic E-state index is 10.7. The van der Waals surface area contributed by atoms with E-state index in [1.807, 2.05) is 0 Å². The summed E-state index contributed by atoms with van der Waals surface area (Å²) in [7, 11) is 0. The zero-order valence-electron chi connectivity index (χ0n) is 7.65. The van der Waals surface area contributed by atoms with E-state index in [0.29, 0.717) is 5.92 Å². The summed E-state index contributed by atoms with van der Waals surface area (Å²) in [5.41, 5.74) is 5.65. The average Bonchev–Trinajstić information content (AvgIpc) is 2.18. The van der Waals surface area contributed by atoms with Crippen LogP contribution in [0.5, 0.6) is 0 Å². The molecule has 3 heterocycles. The van der Waals surface area contributed by atoms with Crippen molar-refractivity contribution < 1.29 is 9.90 Å². The second-order valence-electron chi connectivity index (χ2n) is 4.17. The summed E-state index contributed by atoms with van der Waals surface area (Å²) in [5.74, 6) is -0.116. The maximum absolute atomic E-state index is 10.7. The molecule has 0 aromatic rings. The van der Waals surface area contributed by atoms with E-state index < -0.39 is 12.0 Å².